The fourth-order valence-electron chi connectivity index (χ4n) is 4.05. The summed E-state index contributed by atoms with van der Waals surface area (Å²) in [5.74, 6) is 1.08. The summed E-state index contributed by atoms with van der Waals surface area (Å²) in [7, 11) is 0. The van der Waals surface area contributed by atoms with Gasteiger partial charge in [0.05, 0.1) is 5.69 Å². The number of nitrogens with one attached hydrogen (secondary N) is 1. The number of aromatic amines is 1. The predicted octanol–water partition coefficient (Wildman–Crippen LogP) is 2.05. The van der Waals surface area contributed by atoms with E-state index in [9.17, 15) is 9.59 Å². The minimum absolute atomic E-state index is 0.104. The van der Waals surface area contributed by atoms with Gasteiger partial charge in [-0.05, 0) is 58.7 Å². The normalized spacial score (nSPS) is 22.1. The zero-order valence-corrected chi connectivity index (χ0v) is 15.3. The Balaban J connectivity index is 1.50. The van der Waals surface area contributed by atoms with Crippen LogP contribution >= 0.6 is 0 Å². The lowest BCUT2D eigenvalue weighted by Crippen LogP contribution is -2.40. The van der Waals surface area contributed by atoms with Crippen LogP contribution in [0.4, 0.5) is 0 Å². The van der Waals surface area contributed by atoms with E-state index in [1.54, 1.807) is 13.0 Å². The molecule has 3 heterocycles. The lowest BCUT2D eigenvalue weighted by molar-refractivity contribution is -0.132. The lowest BCUT2D eigenvalue weighted by atomic mass is 9.94. The number of hydrogen-bond donors (Lipinski definition) is 1. The van der Waals surface area contributed by atoms with E-state index in [-0.39, 0.29) is 17.4 Å². The van der Waals surface area contributed by atoms with Crippen molar-refractivity contribution in [3.63, 3.8) is 0 Å². The van der Waals surface area contributed by atoms with E-state index in [1.165, 1.54) is 32.4 Å². The number of carbonyl (C=O) groups excluding carboxylic acids is 1. The third-order valence-corrected chi connectivity index (χ3v) is 5.39. The van der Waals surface area contributed by atoms with Crippen molar-refractivity contribution in [2.45, 2.75) is 57.8 Å². The van der Waals surface area contributed by atoms with Crippen molar-refractivity contribution in [2.24, 2.45) is 0 Å². The molecule has 6 nitrogen and oxygen atoms in total. The van der Waals surface area contributed by atoms with E-state index in [4.69, 9.17) is 0 Å². The second-order valence-electron chi connectivity index (χ2n) is 7.44. The molecular weight excluding hydrogens is 316 g/mol. The summed E-state index contributed by atoms with van der Waals surface area (Å²) >= 11 is 0. The maximum Gasteiger partial charge on any atom is 0.251 e. The largest absolute Gasteiger partial charge is 0.342 e. The van der Waals surface area contributed by atoms with E-state index < -0.39 is 0 Å². The van der Waals surface area contributed by atoms with E-state index in [2.05, 4.69) is 14.9 Å². The van der Waals surface area contributed by atoms with Gasteiger partial charge in [0.15, 0.2) is 0 Å². The molecule has 6 heteroatoms. The van der Waals surface area contributed by atoms with Crippen LogP contribution in [0.5, 0.6) is 0 Å². The molecule has 2 fully saturated rings. The van der Waals surface area contributed by atoms with Gasteiger partial charge in [0.1, 0.15) is 5.82 Å². The number of hydrogen-bond acceptors (Lipinski definition) is 4. The van der Waals surface area contributed by atoms with Crippen molar-refractivity contribution >= 4 is 5.91 Å². The number of likely N-dealkylation sites (tertiary alicyclic amines) is 2. The first-order valence-corrected chi connectivity index (χ1v) is 9.70. The van der Waals surface area contributed by atoms with Crippen LogP contribution in [0.2, 0.25) is 0 Å². The van der Waals surface area contributed by atoms with Gasteiger partial charge in [0.2, 0.25) is 5.91 Å². The molecule has 0 unspecified atom stereocenters. The minimum Gasteiger partial charge on any atom is -0.342 e. The first-order valence-electron chi connectivity index (χ1n) is 9.70. The zero-order chi connectivity index (χ0) is 17.6. The first-order chi connectivity index (χ1) is 12.1. The van der Waals surface area contributed by atoms with Crippen LogP contribution in [0.1, 0.15) is 62.4 Å². The Kier molecular flexibility index (Phi) is 6.24. The molecule has 2 aliphatic heterocycles. The topological polar surface area (TPSA) is 69.3 Å². The molecule has 2 aliphatic rings. The summed E-state index contributed by atoms with van der Waals surface area (Å²) in [4.78, 5) is 35.9. The summed E-state index contributed by atoms with van der Waals surface area (Å²) in [6, 6.07) is 1.59. The van der Waals surface area contributed by atoms with Crippen molar-refractivity contribution in [1.82, 2.24) is 19.8 Å². The Morgan fingerprint density at radius 2 is 2.04 bits per heavy atom. The maximum absolute atomic E-state index is 12.6. The smallest absolute Gasteiger partial charge is 0.251 e. The summed E-state index contributed by atoms with van der Waals surface area (Å²) in [6.07, 6.45) is 7.49. The molecule has 1 amide bonds. The summed E-state index contributed by atoms with van der Waals surface area (Å²) in [5.41, 5.74) is 0.722. The lowest BCUT2D eigenvalue weighted by Gasteiger charge is -2.33. The molecule has 0 bridgehead atoms. The first kappa shape index (κ1) is 18.1. The van der Waals surface area contributed by atoms with Gasteiger partial charge in [-0.15, -0.1) is 0 Å². The maximum atomic E-state index is 12.6. The van der Waals surface area contributed by atoms with E-state index in [0.29, 0.717) is 18.8 Å². The number of piperidine rings is 2. The van der Waals surface area contributed by atoms with Crippen molar-refractivity contribution in [2.75, 3.05) is 32.7 Å². The van der Waals surface area contributed by atoms with Gasteiger partial charge in [0, 0.05) is 31.5 Å². The van der Waals surface area contributed by atoms with Crippen LogP contribution < -0.4 is 5.56 Å². The molecule has 138 valence electrons. The van der Waals surface area contributed by atoms with Gasteiger partial charge in [-0.3, -0.25) is 9.59 Å². The number of nitrogens with zero attached hydrogens (tertiary/aromatic N) is 3. The summed E-state index contributed by atoms with van der Waals surface area (Å²) in [5, 5.41) is 0. The molecule has 1 aromatic rings. The Labute approximate surface area is 149 Å². The van der Waals surface area contributed by atoms with Crippen LogP contribution in [0, 0.1) is 6.92 Å². The van der Waals surface area contributed by atoms with Gasteiger partial charge in [-0.1, -0.05) is 6.42 Å². The highest BCUT2D eigenvalue weighted by molar-refractivity contribution is 5.76. The minimum atomic E-state index is -0.104. The van der Waals surface area contributed by atoms with E-state index in [0.717, 1.165) is 38.0 Å². The molecule has 1 aromatic heterocycles. The Morgan fingerprint density at radius 1 is 1.24 bits per heavy atom. The summed E-state index contributed by atoms with van der Waals surface area (Å²) < 4.78 is 0. The number of H-pyrrole nitrogens is 1. The highest BCUT2D eigenvalue weighted by Gasteiger charge is 2.26. The van der Waals surface area contributed by atoms with Crippen LogP contribution in [0.15, 0.2) is 10.9 Å². The molecule has 25 heavy (non-hydrogen) atoms. The van der Waals surface area contributed by atoms with Crippen LogP contribution in [-0.4, -0.2) is 58.4 Å². The number of aromatic nitrogens is 2. The van der Waals surface area contributed by atoms with Crippen molar-refractivity contribution < 1.29 is 4.79 Å². The zero-order valence-electron chi connectivity index (χ0n) is 15.3. The average Bonchev–Trinajstić information content (AvgIpc) is 2.62. The molecule has 0 radical (unpaired) electrons. The van der Waals surface area contributed by atoms with Crippen LogP contribution in [0.3, 0.4) is 0 Å². The molecule has 1 N–H and O–H groups in total. The second kappa shape index (κ2) is 8.61. The third-order valence-electron chi connectivity index (χ3n) is 5.39. The van der Waals surface area contributed by atoms with Gasteiger partial charge < -0.3 is 14.8 Å². The van der Waals surface area contributed by atoms with Gasteiger partial charge >= 0.3 is 0 Å². The molecule has 0 saturated carbocycles. The highest BCUT2D eigenvalue weighted by atomic mass is 16.2. The third kappa shape index (κ3) is 5.14. The standard InChI is InChI=1S/C19H30N4O2/c1-15-20-17(13-18(24)21-15)16-7-5-12-23(14-16)19(25)8-6-11-22-9-3-2-4-10-22/h13,16H,2-12,14H2,1H3,(H,20,21,24)/t16-/m1/s1. The van der Waals surface area contributed by atoms with Gasteiger partial charge in [-0.25, -0.2) is 4.98 Å². The molecule has 0 spiro atoms. The van der Waals surface area contributed by atoms with E-state index >= 15 is 0 Å². The van der Waals surface area contributed by atoms with Crippen LogP contribution in [-0.2, 0) is 4.79 Å². The molecule has 3 rings (SSSR count). The SMILES string of the molecule is Cc1nc([C@@H]2CCCN(C(=O)CCCN3CCCCC3)C2)cc(=O)[nH]1. The molecule has 2 saturated heterocycles. The molecular formula is C19H30N4O2. The van der Waals surface area contributed by atoms with E-state index in [1.807, 2.05) is 4.90 Å². The summed E-state index contributed by atoms with van der Waals surface area (Å²) in [6.45, 7) is 6.75. The monoisotopic (exact) mass is 346 g/mol. The molecule has 0 aliphatic carbocycles. The quantitative estimate of drug-likeness (QED) is 0.886. The van der Waals surface area contributed by atoms with Crippen molar-refractivity contribution in [3.05, 3.63) is 27.9 Å². The fraction of sp³-hybridized carbons (Fsp3) is 0.737. The predicted molar refractivity (Wildman–Crippen MR) is 97.7 cm³/mol. The number of amides is 1. The highest BCUT2D eigenvalue weighted by Crippen LogP contribution is 2.25. The number of rotatable bonds is 5. The Hall–Kier alpha value is -1.69. The fourth-order valence-corrected chi connectivity index (χ4v) is 4.05. The number of carbonyl (C=O) groups is 1. The van der Waals surface area contributed by atoms with Gasteiger partial charge in [-0.2, -0.15) is 0 Å². The number of aryl methyl sites for hydroxylation is 1. The molecule has 1 atom stereocenters. The average molecular weight is 346 g/mol. The second-order valence-corrected chi connectivity index (χ2v) is 7.44. The van der Waals surface area contributed by atoms with Gasteiger partial charge in [0.25, 0.3) is 5.56 Å². The van der Waals surface area contributed by atoms with Crippen LogP contribution in [0.25, 0.3) is 0 Å². The van der Waals surface area contributed by atoms with Crippen molar-refractivity contribution in [1.29, 1.82) is 0 Å². The Morgan fingerprint density at radius 3 is 2.80 bits per heavy atom. The Bertz CT molecular complexity index is 637. The van der Waals surface area contributed by atoms with Crippen molar-refractivity contribution in [3.8, 4) is 0 Å². The molecule has 0 aromatic carbocycles.